The molecule has 0 amide bonds. The third-order valence-electron chi connectivity index (χ3n) is 1.78. The lowest BCUT2D eigenvalue weighted by molar-refractivity contribution is 0.271. The lowest BCUT2D eigenvalue weighted by atomic mass is 10.2. The molecule has 0 aliphatic rings. The molecule has 0 saturated heterocycles. The molecule has 1 atom stereocenters. The number of aromatic nitrogens is 2. The van der Waals surface area contributed by atoms with Crippen molar-refractivity contribution in [1.82, 2.24) is 9.78 Å². The van der Waals surface area contributed by atoms with Gasteiger partial charge in [-0.25, -0.2) is 9.07 Å². The van der Waals surface area contributed by atoms with Gasteiger partial charge in [0.15, 0.2) is 0 Å². The molecule has 2 aromatic rings. The normalized spacial score (nSPS) is 12.7. The Morgan fingerprint density at radius 1 is 1.31 bits per heavy atom. The van der Waals surface area contributed by atoms with Crippen LogP contribution in [0, 0.1) is 6.20 Å². The number of hydrogen-bond donors (Lipinski definition) is 0. The molecule has 0 bridgehead atoms. The second kappa shape index (κ2) is 3.39. The molecule has 1 radical (unpaired) electrons. The molecule has 65 valence electrons. The Bertz CT molecular complexity index is 356. The fraction of sp³-hybridized carbons (Fsp3) is 0.100. The topological polar surface area (TPSA) is 17.8 Å². The summed E-state index contributed by atoms with van der Waals surface area (Å²) in [7, 11) is 0. The van der Waals surface area contributed by atoms with Gasteiger partial charge in [-0.15, -0.1) is 0 Å². The number of halogens is 1. The third-order valence-corrected chi connectivity index (χ3v) is 1.78. The molecule has 1 heterocycles. The standard InChI is InChI=1S/C10H8FN2/c11-10(13-8-4-7-12-13)9-5-2-1-3-6-9/h1-6,8,10H. The zero-order chi connectivity index (χ0) is 9.10. The van der Waals surface area contributed by atoms with Crippen LogP contribution in [-0.4, -0.2) is 9.78 Å². The van der Waals surface area contributed by atoms with Gasteiger partial charge in [0.05, 0.1) is 0 Å². The third kappa shape index (κ3) is 1.59. The van der Waals surface area contributed by atoms with Gasteiger partial charge in [-0.05, 0) is 6.07 Å². The van der Waals surface area contributed by atoms with Crippen molar-refractivity contribution < 1.29 is 4.39 Å². The van der Waals surface area contributed by atoms with E-state index in [9.17, 15) is 4.39 Å². The highest BCUT2D eigenvalue weighted by molar-refractivity contribution is 5.17. The van der Waals surface area contributed by atoms with Crippen molar-refractivity contribution in [1.29, 1.82) is 0 Å². The number of rotatable bonds is 2. The summed E-state index contributed by atoms with van der Waals surface area (Å²) in [4.78, 5) is 0. The molecule has 13 heavy (non-hydrogen) atoms. The van der Waals surface area contributed by atoms with Crippen LogP contribution in [0.2, 0.25) is 0 Å². The smallest absolute Gasteiger partial charge is 0.217 e. The van der Waals surface area contributed by atoms with Crippen LogP contribution >= 0.6 is 0 Å². The first kappa shape index (κ1) is 7.98. The number of benzene rings is 1. The fourth-order valence-electron chi connectivity index (χ4n) is 1.13. The maximum Gasteiger partial charge on any atom is 0.217 e. The van der Waals surface area contributed by atoms with E-state index in [1.807, 2.05) is 6.07 Å². The van der Waals surface area contributed by atoms with Gasteiger partial charge in [0, 0.05) is 11.8 Å². The second-order valence-corrected chi connectivity index (χ2v) is 2.67. The molecular formula is C10H8FN2. The summed E-state index contributed by atoms with van der Waals surface area (Å²) in [5.74, 6) is 0. The van der Waals surface area contributed by atoms with Gasteiger partial charge >= 0.3 is 0 Å². The van der Waals surface area contributed by atoms with Gasteiger partial charge in [0.1, 0.15) is 6.20 Å². The number of alkyl halides is 1. The lowest BCUT2D eigenvalue weighted by Crippen LogP contribution is -2.05. The first-order valence-electron chi connectivity index (χ1n) is 3.98. The maximum absolute atomic E-state index is 13.6. The SMILES string of the molecule is FC(c1ccccc1)n1cc[c]n1. The van der Waals surface area contributed by atoms with Crippen LogP contribution < -0.4 is 0 Å². The molecule has 1 unspecified atom stereocenters. The molecule has 1 aromatic carbocycles. The van der Waals surface area contributed by atoms with Crippen molar-refractivity contribution in [2.24, 2.45) is 0 Å². The summed E-state index contributed by atoms with van der Waals surface area (Å²) in [5, 5.41) is 3.71. The van der Waals surface area contributed by atoms with Crippen molar-refractivity contribution >= 4 is 0 Å². The van der Waals surface area contributed by atoms with E-state index in [4.69, 9.17) is 0 Å². The Kier molecular flexibility index (Phi) is 2.08. The van der Waals surface area contributed by atoms with Gasteiger partial charge in [0.2, 0.25) is 6.30 Å². The quantitative estimate of drug-likeness (QED) is 0.684. The molecule has 0 spiro atoms. The van der Waals surface area contributed by atoms with Crippen molar-refractivity contribution in [3.05, 3.63) is 54.4 Å². The Morgan fingerprint density at radius 3 is 2.69 bits per heavy atom. The van der Waals surface area contributed by atoms with Gasteiger partial charge in [-0.2, -0.15) is 5.10 Å². The molecule has 2 nitrogen and oxygen atoms in total. The highest BCUT2D eigenvalue weighted by Crippen LogP contribution is 2.17. The first-order valence-corrected chi connectivity index (χ1v) is 3.98. The van der Waals surface area contributed by atoms with E-state index in [1.165, 1.54) is 4.68 Å². The molecule has 0 aliphatic heterocycles. The molecule has 2 rings (SSSR count). The molecule has 0 fully saturated rings. The Hall–Kier alpha value is -1.64. The van der Waals surface area contributed by atoms with Crippen LogP contribution in [-0.2, 0) is 0 Å². The Balaban J connectivity index is 2.29. The highest BCUT2D eigenvalue weighted by atomic mass is 19.1. The van der Waals surface area contributed by atoms with Crippen LogP contribution in [0.5, 0.6) is 0 Å². The minimum absolute atomic E-state index is 0.597. The summed E-state index contributed by atoms with van der Waals surface area (Å²) in [5.41, 5.74) is 0.597. The van der Waals surface area contributed by atoms with E-state index in [-0.39, 0.29) is 0 Å². The van der Waals surface area contributed by atoms with Crippen molar-refractivity contribution in [3.8, 4) is 0 Å². The average molecular weight is 175 g/mol. The number of nitrogens with zero attached hydrogens (tertiary/aromatic N) is 2. The van der Waals surface area contributed by atoms with E-state index < -0.39 is 6.30 Å². The Labute approximate surface area is 75.6 Å². The molecule has 1 aromatic heterocycles. The summed E-state index contributed by atoms with van der Waals surface area (Å²) >= 11 is 0. The van der Waals surface area contributed by atoms with E-state index in [1.54, 1.807) is 36.5 Å². The molecular weight excluding hydrogens is 167 g/mol. The fourth-order valence-corrected chi connectivity index (χ4v) is 1.13. The van der Waals surface area contributed by atoms with Crippen LogP contribution in [0.1, 0.15) is 11.9 Å². The molecule has 0 saturated carbocycles. The average Bonchev–Trinajstić information content (AvgIpc) is 2.71. The number of hydrogen-bond acceptors (Lipinski definition) is 1. The van der Waals surface area contributed by atoms with Crippen LogP contribution in [0.25, 0.3) is 0 Å². The van der Waals surface area contributed by atoms with Gasteiger partial charge in [-0.1, -0.05) is 30.3 Å². The summed E-state index contributed by atoms with van der Waals surface area (Å²) in [6.07, 6.45) is 2.89. The minimum atomic E-state index is -1.22. The zero-order valence-electron chi connectivity index (χ0n) is 6.89. The monoisotopic (exact) mass is 175 g/mol. The van der Waals surface area contributed by atoms with Crippen LogP contribution in [0.3, 0.4) is 0 Å². The van der Waals surface area contributed by atoms with Crippen molar-refractivity contribution in [3.63, 3.8) is 0 Å². The highest BCUT2D eigenvalue weighted by Gasteiger charge is 2.10. The molecule has 0 aliphatic carbocycles. The minimum Gasteiger partial charge on any atom is -0.234 e. The van der Waals surface area contributed by atoms with E-state index in [2.05, 4.69) is 11.3 Å². The molecule has 0 N–H and O–H groups in total. The van der Waals surface area contributed by atoms with Crippen molar-refractivity contribution in [2.45, 2.75) is 6.30 Å². The second-order valence-electron chi connectivity index (χ2n) is 2.67. The van der Waals surface area contributed by atoms with E-state index in [0.717, 1.165) is 0 Å². The van der Waals surface area contributed by atoms with Gasteiger partial charge in [0.25, 0.3) is 0 Å². The van der Waals surface area contributed by atoms with E-state index in [0.29, 0.717) is 5.56 Å². The van der Waals surface area contributed by atoms with Crippen LogP contribution in [0.15, 0.2) is 42.6 Å². The Morgan fingerprint density at radius 2 is 2.08 bits per heavy atom. The first-order chi connectivity index (χ1) is 6.38. The predicted molar refractivity (Wildman–Crippen MR) is 46.8 cm³/mol. The summed E-state index contributed by atoms with van der Waals surface area (Å²) in [6, 6.07) is 10.5. The zero-order valence-corrected chi connectivity index (χ0v) is 6.89. The van der Waals surface area contributed by atoms with Crippen molar-refractivity contribution in [2.75, 3.05) is 0 Å². The van der Waals surface area contributed by atoms with Gasteiger partial charge in [-0.3, -0.25) is 0 Å². The summed E-state index contributed by atoms with van der Waals surface area (Å²) in [6.45, 7) is 0. The summed E-state index contributed by atoms with van der Waals surface area (Å²) < 4.78 is 14.8. The predicted octanol–water partition coefficient (Wildman–Crippen LogP) is 2.20. The maximum atomic E-state index is 13.6. The lowest BCUT2D eigenvalue weighted by Gasteiger charge is -2.07. The van der Waals surface area contributed by atoms with Gasteiger partial charge < -0.3 is 0 Å². The van der Waals surface area contributed by atoms with Crippen LogP contribution in [0.4, 0.5) is 4.39 Å². The largest absolute Gasteiger partial charge is 0.234 e. The molecule has 3 heteroatoms. The van der Waals surface area contributed by atoms with E-state index >= 15 is 0 Å².